The van der Waals surface area contributed by atoms with E-state index in [0.29, 0.717) is 6.42 Å². The van der Waals surface area contributed by atoms with Crippen LogP contribution in [0.3, 0.4) is 0 Å². The van der Waals surface area contributed by atoms with Crippen LogP contribution in [0.4, 0.5) is 0 Å². The number of phenols is 1. The summed E-state index contributed by atoms with van der Waals surface area (Å²) in [5.74, 6) is 0.260. The zero-order valence-corrected chi connectivity index (χ0v) is 20.9. The molecule has 1 aliphatic rings. The Bertz CT molecular complexity index is 1300. The van der Waals surface area contributed by atoms with Crippen molar-refractivity contribution in [2.45, 2.75) is 46.1 Å². The molecule has 1 fully saturated rings. The molecule has 37 heavy (non-hydrogen) atoms. The third-order valence-corrected chi connectivity index (χ3v) is 7.33. The molecule has 0 radical (unpaired) electrons. The number of piperidine rings is 1. The minimum absolute atomic E-state index is 0. The quantitative estimate of drug-likeness (QED) is 0.241. The van der Waals surface area contributed by atoms with Crippen molar-refractivity contribution >= 4 is 22.0 Å². The second kappa shape index (κ2) is 12.8. The maximum atomic E-state index is 9.94. The number of aromatic hydroxyl groups is 1. The van der Waals surface area contributed by atoms with E-state index in [4.69, 9.17) is 0 Å². The van der Waals surface area contributed by atoms with E-state index in [0.717, 1.165) is 41.8 Å². The van der Waals surface area contributed by atoms with Crippen molar-refractivity contribution in [1.29, 1.82) is 0 Å². The Labute approximate surface area is 221 Å². The first kappa shape index (κ1) is 26.7. The standard InChI is InChI=1S/C32H36N2O2.CH4/c35-23-7-10-30(25-8-3-1-4-9-25)32(26-11-14-29(36)15-12-26)28-13-16-31-27(24-28)17-20-34(31)22-21-33-18-5-2-6-19-33;/h1,3-4,8-9,11-17,20,24,35-36H,2,5-7,10,18-19,21-23H2;1H4/b32-30-;. The molecule has 0 saturated carbocycles. The van der Waals surface area contributed by atoms with Gasteiger partial charge in [0.15, 0.2) is 0 Å². The topological polar surface area (TPSA) is 48.6 Å². The fourth-order valence-electron chi connectivity index (χ4n) is 5.43. The van der Waals surface area contributed by atoms with Crippen LogP contribution < -0.4 is 0 Å². The van der Waals surface area contributed by atoms with Gasteiger partial charge in [0.2, 0.25) is 0 Å². The number of phenolic OH excluding ortho intramolecular Hbond substituents is 1. The summed E-state index contributed by atoms with van der Waals surface area (Å²) in [6.45, 7) is 4.71. The molecule has 2 heterocycles. The highest BCUT2D eigenvalue weighted by molar-refractivity contribution is 6.00. The highest BCUT2D eigenvalue weighted by Crippen LogP contribution is 2.37. The highest BCUT2D eigenvalue weighted by atomic mass is 16.3. The van der Waals surface area contributed by atoms with Gasteiger partial charge in [-0.15, -0.1) is 0 Å². The average Bonchev–Trinajstić information content (AvgIpc) is 3.34. The lowest BCUT2D eigenvalue weighted by molar-refractivity contribution is 0.221. The van der Waals surface area contributed by atoms with Gasteiger partial charge in [-0.05, 0) is 96.9 Å². The van der Waals surface area contributed by atoms with Crippen LogP contribution in [0.1, 0.15) is 56.2 Å². The van der Waals surface area contributed by atoms with E-state index in [9.17, 15) is 10.2 Å². The lowest BCUT2D eigenvalue weighted by Gasteiger charge is -2.26. The van der Waals surface area contributed by atoms with Crippen LogP contribution in [-0.4, -0.2) is 45.9 Å². The molecule has 1 saturated heterocycles. The van der Waals surface area contributed by atoms with Gasteiger partial charge in [0.25, 0.3) is 0 Å². The first-order valence-corrected chi connectivity index (χ1v) is 13.2. The van der Waals surface area contributed by atoms with Crippen molar-refractivity contribution in [1.82, 2.24) is 9.47 Å². The number of nitrogens with zero attached hydrogens (tertiary/aromatic N) is 2. The van der Waals surface area contributed by atoms with E-state index >= 15 is 0 Å². The number of hydrogen-bond acceptors (Lipinski definition) is 3. The smallest absolute Gasteiger partial charge is 0.115 e. The van der Waals surface area contributed by atoms with E-state index in [2.05, 4.69) is 64.2 Å². The summed E-state index contributed by atoms with van der Waals surface area (Å²) >= 11 is 0. The normalized spacial score (nSPS) is 14.8. The van der Waals surface area contributed by atoms with E-state index in [-0.39, 0.29) is 19.8 Å². The first-order valence-electron chi connectivity index (χ1n) is 13.2. The molecule has 2 N–H and O–H groups in total. The van der Waals surface area contributed by atoms with Gasteiger partial charge < -0.3 is 19.7 Å². The molecule has 0 atom stereocenters. The molecule has 4 nitrogen and oxygen atoms in total. The second-order valence-electron chi connectivity index (χ2n) is 9.78. The average molecular weight is 497 g/mol. The summed E-state index contributed by atoms with van der Waals surface area (Å²) in [4.78, 5) is 2.59. The van der Waals surface area contributed by atoms with Crippen molar-refractivity contribution in [3.05, 3.63) is 102 Å². The van der Waals surface area contributed by atoms with Crippen LogP contribution in [-0.2, 0) is 6.54 Å². The Kier molecular flexibility index (Phi) is 9.21. The number of benzene rings is 3. The molecule has 0 amide bonds. The molecule has 0 spiro atoms. The molecule has 0 unspecified atom stereocenters. The van der Waals surface area contributed by atoms with Crippen molar-refractivity contribution in [3.63, 3.8) is 0 Å². The van der Waals surface area contributed by atoms with Crippen LogP contribution in [0.2, 0.25) is 0 Å². The first-order chi connectivity index (χ1) is 17.7. The highest BCUT2D eigenvalue weighted by Gasteiger charge is 2.16. The lowest BCUT2D eigenvalue weighted by Crippen LogP contribution is -2.32. The van der Waals surface area contributed by atoms with Gasteiger partial charge in [-0.25, -0.2) is 0 Å². The molecular formula is C33H40N2O2. The molecule has 1 aliphatic heterocycles. The van der Waals surface area contributed by atoms with Crippen LogP contribution in [0.25, 0.3) is 22.0 Å². The van der Waals surface area contributed by atoms with Crippen LogP contribution in [0.15, 0.2) is 85.1 Å². The summed E-state index contributed by atoms with van der Waals surface area (Å²) in [5, 5.41) is 20.8. The minimum atomic E-state index is 0. The number of fused-ring (bicyclic) bond motifs is 1. The van der Waals surface area contributed by atoms with Gasteiger partial charge >= 0.3 is 0 Å². The number of hydrogen-bond donors (Lipinski definition) is 2. The third-order valence-electron chi connectivity index (χ3n) is 7.33. The molecule has 3 aromatic carbocycles. The molecule has 1 aromatic heterocycles. The summed E-state index contributed by atoms with van der Waals surface area (Å²) in [5.41, 5.74) is 7.00. The van der Waals surface area contributed by atoms with Crippen molar-refractivity contribution in [2.24, 2.45) is 0 Å². The summed E-state index contributed by atoms with van der Waals surface area (Å²) in [6.07, 6.45) is 7.69. The predicted molar refractivity (Wildman–Crippen MR) is 156 cm³/mol. The number of allylic oxidation sites excluding steroid dienone is 1. The molecule has 0 bridgehead atoms. The summed E-state index contributed by atoms with van der Waals surface area (Å²) in [6, 6.07) is 26.9. The van der Waals surface area contributed by atoms with E-state index < -0.39 is 0 Å². The molecule has 4 aromatic rings. The Morgan fingerprint density at radius 2 is 1.49 bits per heavy atom. The Morgan fingerprint density at radius 3 is 2.22 bits per heavy atom. The fourth-order valence-corrected chi connectivity index (χ4v) is 5.43. The van der Waals surface area contributed by atoms with Crippen molar-refractivity contribution in [2.75, 3.05) is 26.2 Å². The molecule has 0 aliphatic carbocycles. The molecule has 194 valence electrons. The maximum absolute atomic E-state index is 9.94. The maximum Gasteiger partial charge on any atom is 0.115 e. The molecular weight excluding hydrogens is 456 g/mol. The van der Waals surface area contributed by atoms with E-state index in [1.165, 1.54) is 48.8 Å². The predicted octanol–water partition coefficient (Wildman–Crippen LogP) is 7.20. The van der Waals surface area contributed by atoms with E-state index in [1.54, 1.807) is 12.1 Å². The minimum Gasteiger partial charge on any atom is -0.508 e. The van der Waals surface area contributed by atoms with Crippen LogP contribution in [0, 0.1) is 0 Å². The van der Waals surface area contributed by atoms with Crippen molar-refractivity contribution in [3.8, 4) is 5.75 Å². The van der Waals surface area contributed by atoms with Gasteiger partial charge in [0.05, 0.1) is 0 Å². The largest absolute Gasteiger partial charge is 0.508 e. The summed E-state index contributed by atoms with van der Waals surface area (Å²) in [7, 11) is 0. The number of aliphatic hydroxyl groups excluding tert-OH is 1. The van der Waals surface area contributed by atoms with Gasteiger partial charge in [-0.2, -0.15) is 0 Å². The molecule has 5 rings (SSSR count). The number of likely N-dealkylation sites (tertiary alicyclic amines) is 1. The van der Waals surface area contributed by atoms with Crippen LogP contribution in [0.5, 0.6) is 5.75 Å². The zero-order chi connectivity index (χ0) is 24.7. The Morgan fingerprint density at radius 1 is 0.757 bits per heavy atom. The van der Waals surface area contributed by atoms with Gasteiger partial charge in [-0.1, -0.05) is 62.4 Å². The van der Waals surface area contributed by atoms with Crippen molar-refractivity contribution < 1.29 is 10.2 Å². The lowest BCUT2D eigenvalue weighted by atomic mass is 9.87. The Hall–Kier alpha value is -3.34. The third kappa shape index (κ3) is 6.33. The van der Waals surface area contributed by atoms with Crippen LogP contribution >= 0.6 is 0 Å². The fraction of sp³-hybridized carbons (Fsp3) is 0.333. The monoisotopic (exact) mass is 496 g/mol. The van der Waals surface area contributed by atoms with Gasteiger partial charge in [-0.3, -0.25) is 0 Å². The number of rotatable bonds is 9. The Balaban J connectivity index is 0.00000320. The summed E-state index contributed by atoms with van der Waals surface area (Å²) < 4.78 is 2.38. The SMILES string of the molecule is C.OCCC/C(=C(\c1ccc(O)cc1)c1ccc2c(ccn2CCN2CCCCC2)c1)c1ccccc1. The number of aliphatic hydroxyl groups is 1. The van der Waals surface area contributed by atoms with Gasteiger partial charge in [0, 0.05) is 36.8 Å². The number of aromatic nitrogens is 1. The van der Waals surface area contributed by atoms with Gasteiger partial charge in [0.1, 0.15) is 5.75 Å². The molecule has 4 heteroatoms. The second-order valence-corrected chi connectivity index (χ2v) is 9.78. The zero-order valence-electron chi connectivity index (χ0n) is 20.9. The van der Waals surface area contributed by atoms with E-state index in [1.807, 2.05) is 18.2 Å².